The van der Waals surface area contributed by atoms with E-state index in [-0.39, 0.29) is 16.2 Å². The van der Waals surface area contributed by atoms with Crippen LogP contribution in [0.25, 0.3) is 0 Å². The minimum atomic E-state index is -0.449. The normalized spacial score (nSPS) is 48.1. The number of halogens is 1. The van der Waals surface area contributed by atoms with Crippen molar-refractivity contribution in [3.05, 3.63) is 10.1 Å². The predicted molar refractivity (Wildman–Crippen MR) is 41.3 cm³/mol. The molecule has 4 atom stereocenters. The van der Waals surface area contributed by atoms with Crippen molar-refractivity contribution in [1.29, 1.82) is 0 Å². The van der Waals surface area contributed by atoms with Gasteiger partial charge in [-0.25, -0.2) is 0 Å². The molecule has 0 aromatic carbocycles. The fraction of sp³-hybridized carbons (Fsp3) is 1.00. The van der Waals surface area contributed by atoms with Crippen molar-refractivity contribution in [1.82, 2.24) is 0 Å². The van der Waals surface area contributed by atoms with Crippen molar-refractivity contribution in [3.8, 4) is 0 Å². The Bertz CT molecular complexity index is 195. The molecule has 2 bridgehead atoms. The van der Waals surface area contributed by atoms with E-state index in [0.717, 1.165) is 19.3 Å². The van der Waals surface area contributed by atoms with Crippen LogP contribution in [0.5, 0.6) is 0 Å². The van der Waals surface area contributed by atoms with E-state index in [0.29, 0.717) is 5.92 Å². The first kappa shape index (κ1) is 7.35. The molecule has 0 aromatic heterocycles. The lowest BCUT2D eigenvalue weighted by molar-refractivity contribution is -0.529. The van der Waals surface area contributed by atoms with Crippen LogP contribution in [0.3, 0.4) is 0 Å². The summed E-state index contributed by atoms with van der Waals surface area (Å²) in [6.07, 6.45) is 3.10. The molecule has 0 spiro atoms. The molecule has 0 N–H and O–H groups in total. The molecule has 0 aliphatic heterocycles. The van der Waals surface area contributed by atoms with Gasteiger partial charge in [0.1, 0.15) is 5.38 Å². The van der Waals surface area contributed by atoms with Crippen LogP contribution in [-0.4, -0.2) is 16.3 Å². The van der Waals surface area contributed by atoms with Crippen molar-refractivity contribution >= 4 is 11.6 Å². The van der Waals surface area contributed by atoms with Gasteiger partial charge in [0, 0.05) is 10.8 Å². The van der Waals surface area contributed by atoms with Crippen LogP contribution in [0, 0.1) is 22.0 Å². The van der Waals surface area contributed by atoms with E-state index >= 15 is 0 Å². The predicted octanol–water partition coefficient (Wildman–Crippen LogP) is 1.67. The topological polar surface area (TPSA) is 43.1 Å². The Kier molecular flexibility index (Phi) is 1.56. The van der Waals surface area contributed by atoms with Gasteiger partial charge in [-0.2, -0.15) is 0 Å². The van der Waals surface area contributed by atoms with Crippen LogP contribution < -0.4 is 0 Å². The molecule has 11 heavy (non-hydrogen) atoms. The van der Waals surface area contributed by atoms with Crippen molar-refractivity contribution in [2.75, 3.05) is 0 Å². The van der Waals surface area contributed by atoms with Gasteiger partial charge in [-0.1, -0.05) is 0 Å². The molecule has 0 aromatic rings. The first-order valence-electron chi connectivity index (χ1n) is 3.97. The van der Waals surface area contributed by atoms with Crippen LogP contribution in [0.2, 0.25) is 0 Å². The van der Waals surface area contributed by atoms with E-state index in [4.69, 9.17) is 11.6 Å². The van der Waals surface area contributed by atoms with Crippen LogP contribution in [0.15, 0.2) is 0 Å². The molecule has 0 heterocycles. The van der Waals surface area contributed by atoms with Gasteiger partial charge in [-0.3, -0.25) is 10.1 Å². The van der Waals surface area contributed by atoms with Crippen molar-refractivity contribution in [3.63, 3.8) is 0 Å². The number of hydrogen-bond acceptors (Lipinski definition) is 2. The Morgan fingerprint density at radius 1 is 1.36 bits per heavy atom. The van der Waals surface area contributed by atoms with Crippen LogP contribution in [0.1, 0.15) is 19.3 Å². The maximum atomic E-state index is 10.5. The molecule has 0 amide bonds. The maximum Gasteiger partial charge on any atom is 0.232 e. The van der Waals surface area contributed by atoms with Gasteiger partial charge in [-0.15, -0.1) is 11.6 Å². The average molecular weight is 176 g/mol. The van der Waals surface area contributed by atoms with Gasteiger partial charge in [0.05, 0.1) is 0 Å². The summed E-state index contributed by atoms with van der Waals surface area (Å²) >= 11 is 5.93. The van der Waals surface area contributed by atoms with Crippen molar-refractivity contribution in [2.24, 2.45) is 11.8 Å². The number of nitrogens with zero attached hydrogens (tertiary/aromatic N) is 1. The van der Waals surface area contributed by atoms with E-state index in [1.54, 1.807) is 0 Å². The molecule has 2 saturated carbocycles. The summed E-state index contributed by atoms with van der Waals surface area (Å²) in [5, 5.41) is 10.3. The first-order valence-corrected chi connectivity index (χ1v) is 4.41. The van der Waals surface area contributed by atoms with E-state index in [1.165, 1.54) is 0 Å². The van der Waals surface area contributed by atoms with E-state index < -0.39 is 6.04 Å². The Morgan fingerprint density at radius 2 is 2.00 bits per heavy atom. The monoisotopic (exact) mass is 175 g/mol. The van der Waals surface area contributed by atoms with Gasteiger partial charge >= 0.3 is 0 Å². The third kappa shape index (κ3) is 0.940. The summed E-state index contributed by atoms with van der Waals surface area (Å²) in [5.41, 5.74) is 0. The maximum absolute atomic E-state index is 10.5. The Balaban J connectivity index is 2.17. The SMILES string of the molecule is O=[N+]([O-])[C@@H]1[C@H]2CC[C@H](C2)[C@H]1Cl. The minimum Gasteiger partial charge on any atom is -0.264 e. The largest absolute Gasteiger partial charge is 0.264 e. The van der Waals surface area contributed by atoms with E-state index in [1.807, 2.05) is 0 Å². The third-order valence-electron chi connectivity index (χ3n) is 3.02. The van der Waals surface area contributed by atoms with Crippen molar-refractivity contribution < 1.29 is 4.92 Å². The summed E-state index contributed by atoms with van der Waals surface area (Å²) < 4.78 is 0. The second kappa shape index (κ2) is 2.34. The second-order valence-corrected chi connectivity index (χ2v) is 4.06. The molecule has 0 saturated heterocycles. The molecule has 2 fully saturated rings. The number of rotatable bonds is 1. The van der Waals surface area contributed by atoms with Gasteiger partial charge in [0.2, 0.25) is 6.04 Å². The second-order valence-electron chi connectivity index (χ2n) is 3.55. The fourth-order valence-electron chi connectivity index (χ4n) is 2.48. The molecule has 0 unspecified atom stereocenters. The molecule has 4 heteroatoms. The highest BCUT2D eigenvalue weighted by Crippen LogP contribution is 2.48. The highest BCUT2D eigenvalue weighted by molar-refractivity contribution is 6.21. The quantitative estimate of drug-likeness (QED) is 0.346. The standard InChI is InChI=1S/C7H10ClNO2/c8-6-4-1-2-5(3-4)7(6)9(10)11/h4-7H,1-3H2/t4-,5+,6-,7-/m1/s1. The zero-order valence-corrected chi connectivity index (χ0v) is 6.83. The minimum absolute atomic E-state index is 0.191. The smallest absolute Gasteiger partial charge is 0.232 e. The highest BCUT2D eigenvalue weighted by Gasteiger charge is 2.53. The van der Waals surface area contributed by atoms with E-state index in [9.17, 15) is 10.1 Å². The summed E-state index contributed by atoms with van der Waals surface area (Å²) in [6.45, 7) is 0. The number of nitro groups is 1. The number of hydrogen-bond donors (Lipinski definition) is 0. The molecule has 3 nitrogen and oxygen atoms in total. The van der Waals surface area contributed by atoms with Gasteiger partial charge in [0.25, 0.3) is 0 Å². The first-order chi connectivity index (χ1) is 5.20. The Hall–Kier alpha value is -0.310. The number of fused-ring (bicyclic) bond motifs is 2. The summed E-state index contributed by atoms with van der Waals surface area (Å²) in [5.74, 6) is 0.703. The molecule has 2 rings (SSSR count). The molecule has 2 aliphatic rings. The molecular weight excluding hydrogens is 166 g/mol. The Morgan fingerprint density at radius 3 is 2.36 bits per heavy atom. The lowest BCUT2D eigenvalue weighted by Gasteiger charge is -2.18. The van der Waals surface area contributed by atoms with Gasteiger partial charge in [-0.05, 0) is 25.2 Å². The number of alkyl halides is 1. The zero-order valence-electron chi connectivity index (χ0n) is 6.07. The lowest BCUT2D eigenvalue weighted by atomic mass is 9.95. The summed E-state index contributed by atoms with van der Waals surface area (Å²) in [4.78, 5) is 10.3. The summed E-state index contributed by atoms with van der Waals surface area (Å²) in [7, 11) is 0. The molecule has 0 radical (unpaired) electrons. The molecule has 62 valence electrons. The van der Waals surface area contributed by atoms with Crippen LogP contribution in [-0.2, 0) is 0 Å². The summed E-state index contributed by atoms with van der Waals surface area (Å²) in [6, 6.07) is -0.449. The lowest BCUT2D eigenvalue weighted by Crippen LogP contribution is -2.35. The van der Waals surface area contributed by atoms with Crippen LogP contribution in [0.4, 0.5) is 0 Å². The average Bonchev–Trinajstić information content (AvgIpc) is 2.44. The van der Waals surface area contributed by atoms with Crippen LogP contribution >= 0.6 is 11.6 Å². The van der Waals surface area contributed by atoms with Crippen molar-refractivity contribution in [2.45, 2.75) is 30.7 Å². The van der Waals surface area contributed by atoms with Gasteiger partial charge in [0.15, 0.2) is 0 Å². The molecular formula is C7H10ClNO2. The van der Waals surface area contributed by atoms with Gasteiger partial charge < -0.3 is 0 Å². The fourth-order valence-corrected chi connectivity index (χ4v) is 3.01. The highest BCUT2D eigenvalue weighted by atomic mass is 35.5. The zero-order chi connectivity index (χ0) is 8.01. The third-order valence-corrected chi connectivity index (χ3v) is 3.63. The molecule has 2 aliphatic carbocycles. The Labute approximate surface area is 69.9 Å². The van der Waals surface area contributed by atoms with E-state index in [2.05, 4.69) is 0 Å².